The molecular weight excluding hydrogens is 411 g/mol. The standard InChI is InChI=1S/C15H11ClF3N3O4S/c1-9-2-4-11(5-3-9)27(25,26)13(22(23)24)8-21-14-12(16)6-10(7-20-14)15(17,18)19/h2-8H,1H3,(H,20,21). The van der Waals surface area contributed by atoms with Gasteiger partial charge in [-0.25, -0.2) is 13.4 Å². The van der Waals surface area contributed by atoms with E-state index >= 15 is 0 Å². The van der Waals surface area contributed by atoms with Gasteiger partial charge in [0, 0.05) is 6.20 Å². The van der Waals surface area contributed by atoms with Gasteiger partial charge in [-0.1, -0.05) is 29.3 Å². The van der Waals surface area contributed by atoms with Gasteiger partial charge in [-0.05, 0) is 25.1 Å². The van der Waals surface area contributed by atoms with E-state index in [0.717, 1.165) is 5.56 Å². The zero-order valence-corrected chi connectivity index (χ0v) is 15.1. The van der Waals surface area contributed by atoms with E-state index in [-0.39, 0.29) is 10.7 Å². The molecule has 2 aromatic rings. The number of aryl methyl sites for hydroxylation is 1. The number of nitro groups is 1. The number of hydrogen-bond acceptors (Lipinski definition) is 6. The summed E-state index contributed by atoms with van der Waals surface area (Å²) >= 11 is 5.67. The molecule has 1 aromatic heterocycles. The monoisotopic (exact) mass is 421 g/mol. The van der Waals surface area contributed by atoms with Crippen molar-refractivity contribution >= 4 is 27.3 Å². The van der Waals surface area contributed by atoms with Gasteiger partial charge < -0.3 is 5.32 Å². The number of anilines is 1. The van der Waals surface area contributed by atoms with E-state index in [4.69, 9.17) is 11.6 Å². The first-order valence-corrected chi connectivity index (χ1v) is 8.94. The van der Waals surface area contributed by atoms with Gasteiger partial charge in [-0.2, -0.15) is 13.2 Å². The molecule has 0 saturated carbocycles. The predicted octanol–water partition coefficient (Wildman–Crippen LogP) is 4.02. The minimum absolute atomic E-state index is 0.315. The first-order chi connectivity index (χ1) is 12.4. The average molecular weight is 422 g/mol. The first kappa shape index (κ1) is 20.6. The Morgan fingerprint density at radius 2 is 1.89 bits per heavy atom. The van der Waals surface area contributed by atoms with Crippen molar-refractivity contribution in [2.75, 3.05) is 5.32 Å². The molecule has 144 valence electrons. The minimum atomic E-state index is -4.67. The molecule has 0 unspecified atom stereocenters. The Bertz CT molecular complexity index is 1010. The van der Waals surface area contributed by atoms with Gasteiger partial charge in [0.1, 0.15) is 5.82 Å². The summed E-state index contributed by atoms with van der Waals surface area (Å²) in [6.45, 7) is 1.71. The fourth-order valence-corrected chi connectivity index (χ4v) is 3.26. The van der Waals surface area contributed by atoms with Crippen LogP contribution in [0.25, 0.3) is 0 Å². The normalized spacial score (nSPS) is 12.7. The van der Waals surface area contributed by atoms with E-state index in [9.17, 15) is 31.7 Å². The van der Waals surface area contributed by atoms with Crippen molar-refractivity contribution in [3.63, 3.8) is 0 Å². The number of pyridine rings is 1. The van der Waals surface area contributed by atoms with Crippen LogP contribution < -0.4 is 5.32 Å². The summed E-state index contributed by atoms with van der Waals surface area (Å²) in [6.07, 6.45) is -3.70. The molecule has 1 aromatic carbocycles. The molecule has 0 saturated heterocycles. The van der Waals surface area contributed by atoms with Gasteiger partial charge in [0.15, 0.2) is 0 Å². The van der Waals surface area contributed by atoms with Crippen molar-refractivity contribution in [1.82, 2.24) is 4.98 Å². The third-order valence-electron chi connectivity index (χ3n) is 3.29. The van der Waals surface area contributed by atoms with Crippen LogP contribution in [0.5, 0.6) is 0 Å². The van der Waals surface area contributed by atoms with Crippen molar-refractivity contribution < 1.29 is 26.5 Å². The van der Waals surface area contributed by atoms with Crippen LogP contribution in [0, 0.1) is 17.0 Å². The third-order valence-corrected chi connectivity index (χ3v) is 5.29. The van der Waals surface area contributed by atoms with Crippen LogP contribution >= 0.6 is 11.6 Å². The van der Waals surface area contributed by atoms with E-state index in [1.807, 2.05) is 0 Å². The highest BCUT2D eigenvalue weighted by molar-refractivity contribution is 7.95. The Kier molecular flexibility index (Phi) is 5.76. The maximum Gasteiger partial charge on any atom is 0.417 e. The van der Waals surface area contributed by atoms with Crippen LogP contribution in [0.2, 0.25) is 5.02 Å². The topological polar surface area (TPSA) is 102 Å². The largest absolute Gasteiger partial charge is 0.417 e. The number of nitrogens with zero attached hydrogens (tertiary/aromatic N) is 2. The van der Waals surface area contributed by atoms with Crippen LogP contribution in [0.15, 0.2) is 52.7 Å². The molecule has 12 heteroatoms. The Morgan fingerprint density at radius 3 is 2.37 bits per heavy atom. The molecule has 0 amide bonds. The van der Waals surface area contributed by atoms with Gasteiger partial charge in [0.2, 0.25) is 0 Å². The lowest BCUT2D eigenvalue weighted by Crippen LogP contribution is -2.14. The van der Waals surface area contributed by atoms with Crippen molar-refractivity contribution in [3.05, 3.63) is 74.0 Å². The zero-order chi connectivity index (χ0) is 20.4. The fourth-order valence-electron chi connectivity index (χ4n) is 1.90. The van der Waals surface area contributed by atoms with Crippen LogP contribution in [0.1, 0.15) is 11.1 Å². The molecule has 0 aliphatic carbocycles. The quantitative estimate of drug-likeness (QED) is 0.577. The smallest absolute Gasteiger partial charge is 0.339 e. The Morgan fingerprint density at radius 1 is 1.30 bits per heavy atom. The molecule has 0 fully saturated rings. The van der Waals surface area contributed by atoms with Crippen LogP contribution in [-0.4, -0.2) is 18.3 Å². The molecule has 2 rings (SSSR count). The molecule has 0 atom stereocenters. The molecule has 7 nitrogen and oxygen atoms in total. The highest BCUT2D eigenvalue weighted by Gasteiger charge is 2.33. The molecule has 1 N–H and O–H groups in total. The molecule has 0 bridgehead atoms. The summed E-state index contributed by atoms with van der Waals surface area (Å²) in [4.78, 5) is 13.2. The summed E-state index contributed by atoms with van der Waals surface area (Å²) in [7, 11) is -4.48. The maximum atomic E-state index is 12.6. The lowest BCUT2D eigenvalue weighted by Gasteiger charge is -2.09. The number of nitrogens with one attached hydrogen (secondary N) is 1. The van der Waals surface area contributed by atoms with Crippen molar-refractivity contribution in [2.24, 2.45) is 0 Å². The van der Waals surface area contributed by atoms with Crippen molar-refractivity contribution in [1.29, 1.82) is 0 Å². The summed E-state index contributed by atoms with van der Waals surface area (Å²) in [5, 5.41) is 11.7. The Balaban J connectivity index is 2.39. The molecule has 0 radical (unpaired) electrons. The van der Waals surface area contributed by atoms with Crippen molar-refractivity contribution in [3.8, 4) is 0 Å². The molecular formula is C15H11ClF3N3O4S. The van der Waals surface area contributed by atoms with E-state index in [2.05, 4.69) is 10.3 Å². The number of hydrogen-bond donors (Lipinski definition) is 1. The molecule has 0 spiro atoms. The number of sulfone groups is 1. The van der Waals surface area contributed by atoms with Gasteiger partial charge in [-0.15, -0.1) is 0 Å². The Labute approximate surface area is 156 Å². The zero-order valence-electron chi connectivity index (χ0n) is 13.5. The molecule has 27 heavy (non-hydrogen) atoms. The first-order valence-electron chi connectivity index (χ1n) is 7.08. The van der Waals surface area contributed by atoms with E-state index in [1.54, 1.807) is 6.92 Å². The SMILES string of the molecule is Cc1ccc(S(=O)(=O)C(=CNc2ncc(C(F)(F)F)cc2Cl)[N+](=O)[O-])cc1. The number of rotatable bonds is 5. The summed E-state index contributed by atoms with van der Waals surface area (Å²) in [6, 6.07) is 5.89. The number of benzene rings is 1. The van der Waals surface area contributed by atoms with Gasteiger partial charge >= 0.3 is 11.2 Å². The maximum absolute atomic E-state index is 12.6. The Hall–Kier alpha value is -2.66. The lowest BCUT2D eigenvalue weighted by molar-refractivity contribution is -0.411. The second-order valence-electron chi connectivity index (χ2n) is 5.25. The molecule has 1 heterocycles. The van der Waals surface area contributed by atoms with Gasteiger partial charge in [0.25, 0.3) is 9.84 Å². The second kappa shape index (κ2) is 7.53. The number of alkyl halides is 3. The highest BCUT2D eigenvalue weighted by Crippen LogP contribution is 2.32. The van der Waals surface area contributed by atoms with E-state index in [0.29, 0.717) is 18.5 Å². The summed E-state index contributed by atoms with van der Waals surface area (Å²) < 4.78 is 62.6. The van der Waals surface area contributed by atoms with Gasteiger partial charge in [-0.3, -0.25) is 10.1 Å². The van der Waals surface area contributed by atoms with Crippen LogP contribution in [0.3, 0.4) is 0 Å². The number of halogens is 4. The molecule has 0 aliphatic rings. The molecule has 0 aliphatic heterocycles. The van der Waals surface area contributed by atoms with Crippen LogP contribution in [0.4, 0.5) is 19.0 Å². The predicted molar refractivity (Wildman–Crippen MR) is 91.3 cm³/mol. The van der Waals surface area contributed by atoms with Gasteiger partial charge in [0.05, 0.1) is 26.6 Å². The minimum Gasteiger partial charge on any atom is -0.339 e. The lowest BCUT2D eigenvalue weighted by atomic mass is 10.2. The summed E-state index contributed by atoms with van der Waals surface area (Å²) in [5.41, 5.74) is -0.372. The number of aromatic nitrogens is 1. The van der Waals surface area contributed by atoms with Crippen LogP contribution in [-0.2, 0) is 16.0 Å². The summed E-state index contributed by atoms with van der Waals surface area (Å²) in [5.74, 6) is -0.372. The van der Waals surface area contributed by atoms with Crippen molar-refractivity contribution in [2.45, 2.75) is 18.0 Å². The fraction of sp³-hybridized carbons (Fsp3) is 0.133. The third kappa shape index (κ3) is 4.74. The highest BCUT2D eigenvalue weighted by atomic mass is 35.5. The van der Waals surface area contributed by atoms with E-state index in [1.165, 1.54) is 24.3 Å². The average Bonchev–Trinajstić information content (AvgIpc) is 2.55. The van der Waals surface area contributed by atoms with E-state index < -0.39 is 36.6 Å². The second-order valence-corrected chi connectivity index (χ2v) is 7.56.